The van der Waals surface area contributed by atoms with Gasteiger partial charge in [0.1, 0.15) is 0 Å². The fourth-order valence-electron chi connectivity index (χ4n) is 2.49. The molecule has 2 aliphatic carbocycles. The van der Waals surface area contributed by atoms with E-state index in [1.807, 2.05) is 24.3 Å². The molecule has 0 heterocycles. The quantitative estimate of drug-likeness (QED) is 0.264. The van der Waals surface area contributed by atoms with Gasteiger partial charge in [0.05, 0.1) is 11.8 Å². The van der Waals surface area contributed by atoms with E-state index in [-0.39, 0.29) is 23.7 Å². The molecule has 2 aliphatic rings. The Morgan fingerprint density at radius 2 is 1.18 bits per heavy atom. The Labute approximate surface area is 137 Å². The highest BCUT2D eigenvalue weighted by Crippen LogP contribution is 2.40. The number of rotatable bonds is 5. The zero-order valence-electron chi connectivity index (χ0n) is 12.0. The van der Waals surface area contributed by atoms with E-state index in [4.69, 9.17) is 10.4 Å². The molecular formula is C14H20N2O4S2. The smallest absolute Gasteiger partial charge is 0.250 e. The Balaban J connectivity index is 1.74. The van der Waals surface area contributed by atoms with Crippen LogP contribution in [0.15, 0.2) is 24.3 Å². The highest BCUT2D eigenvalue weighted by molar-refractivity contribution is 8.77. The van der Waals surface area contributed by atoms with Crippen LogP contribution in [0.25, 0.3) is 0 Å². The molecule has 0 aliphatic heterocycles. The van der Waals surface area contributed by atoms with E-state index in [1.165, 1.54) is 0 Å². The largest absolute Gasteiger partial charge is 0.289 e. The maximum Gasteiger partial charge on any atom is 0.250 e. The number of carbonyl (C=O) groups excluding carboxylic acids is 2. The Morgan fingerprint density at radius 1 is 0.773 bits per heavy atom. The summed E-state index contributed by atoms with van der Waals surface area (Å²) in [4.78, 5) is 22.6. The molecule has 0 saturated carbocycles. The molecule has 4 N–H and O–H groups in total. The number of hydroxylamine groups is 2. The van der Waals surface area contributed by atoms with Gasteiger partial charge in [0, 0.05) is 10.5 Å². The van der Waals surface area contributed by atoms with E-state index in [1.54, 1.807) is 32.5 Å². The molecule has 6 nitrogen and oxygen atoms in total. The van der Waals surface area contributed by atoms with Crippen LogP contribution in [-0.4, -0.2) is 32.7 Å². The van der Waals surface area contributed by atoms with Crippen LogP contribution in [0.1, 0.15) is 25.7 Å². The van der Waals surface area contributed by atoms with Crippen molar-refractivity contribution in [1.29, 1.82) is 0 Å². The number of hydrogen-bond donors (Lipinski definition) is 4. The SMILES string of the molecule is O=C(NO)C1C=CC(SSC2C=CC(C(=O)NO)CC2)CC1. The van der Waals surface area contributed by atoms with Gasteiger partial charge < -0.3 is 0 Å². The first-order valence-electron chi connectivity index (χ1n) is 7.20. The summed E-state index contributed by atoms with van der Waals surface area (Å²) >= 11 is 0. The van der Waals surface area contributed by atoms with Crippen molar-refractivity contribution in [2.45, 2.75) is 36.2 Å². The van der Waals surface area contributed by atoms with Gasteiger partial charge >= 0.3 is 0 Å². The molecule has 2 rings (SSSR count). The molecule has 0 fully saturated rings. The van der Waals surface area contributed by atoms with Gasteiger partial charge in [0.25, 0.3) is 0 Å². The summed E-state index contributed by atoms with van der Waals surface area (Å²) in [6.07, 6.45) is 11.0. The van der Waals surface area contributed by atoms with Crippen molar-refractivity contribution < 1.29 is 20.0 Å². The van der Waals surface area contributed by atoms with Crippen molar-refractivity contribution in [2.75, 3.05) is 0 Å². The zero-order chi connectivity index (χ0) is 15.9. The van der Waals surface area contributed by atoms with Crippen molar-refractivity contribution in [3.05, 3.63) is 24.3 Å². The van der Waals surface area contributed by atoms with Gasteiger partial charge in [-0.1, -0.05) is 45.9 Å². The lowest BCUT2D eigenvalue weighted by Crippen LogP contribution is -2.29. The van der Waals surface area contributed by atoms with Crippen LogP contribution >= 0.6 is 21.6 Å². The van der Waals surface area contributed by atoms with Gasteiger partial charge in [-0.25, -0.2) is 11.0 Å². The minimum absolute atomic E-state index is 0.237. The van der Waals surface area contributed by atoms with Gasteiger partial charge in [-0.15, -0.1) is 0 Å². The third-order valence-electron chi connectivity index (χ3n) is 3.84. The van der Waals surface area contributed by atoms with E-state index in [0.717, 1.165) is 25.7 Å². The molecule has 0 bridgehead atoms. The summed E-state index contributed by atoms with van der Waals surface area (Å²) in [5.74, 6) is -1.18. The van der Waals surface area contributed by atoms with E-state index < -0.39 is 0 Å². The first kappa shape index (κ1) is 17.4. The summed E-state index contributed by atoms with van der Waals surface area (Å²) in [6, 6.07) is 0. The lowest BCUT2D eigenvalue weighted by molar-refractivity contribution is -0.132. The normalized spacial score (nSPS) is 30.8. The summed E-state index contributed by atoms with van der Waals surface area (Å²) in [5.41, 5.74) is 3.38. The molecule has 4 atom stereocenters. The molecule has 0 radical (unpaired) electrons. The maximum atomic E-state index is 11.3. The topological polar surface area (TPSA) is 98.7 Å². The molecule has 0 spiro atoms. The first-order chi connectivity index (χ1) is 10.6. The lowest BCUT2D eigenvalue weighted by atomic mass is 9.95. The molecule has 4 unspecified atom stereocenters. The van der Waals surface area contributed by atoms with Crippen LogP contribution in [0.3, 0.4) is 0 Å². The van der Waals surface area contributed by atoms with Crippen LogP contribution in [-0.2, 0) is 9.59 Å². The van der Waals surface area contributed by atoms with Crippen LogP contribution in [0.2, 0.25) is 0 Å². The minimum atomic E-state index is -0.351. The van der Waals surface area contributed by atoms with Crippen LogP contribution in [0.5, 0.6) is 0 Å². The molecule has 2 amide bonds. The molecular weight excluding hydrogens is 324 g/mol. The molecule has 0 aromatic heterocycles. The number of amides is 2. The predicted octanol–water partition coefficient (Wildman–Crippen LogP) is 2.05. The number of nitrogens with one attached hydrogen (secondary N) is 2. The summed E-state index contributed by atoms with van der Waals surface area (Å²) in [7, 11) is 3.55. The third-order valence-corrected chi connectivity index (χ3v) is 7.04. The van der Waals surface area contributed by atoms with E-state index in [9.17, 15) is 9.59 Å². The maximum absolute atomic E-state index is 11.3. The summed E-state index contributed by atoms with van der Waals surface area (Å²) < 4.78 is 0. The Bertz CT molecular complexity index is 428. The minimum Gasteiger partial charge on any atom is -0.289 e. The molecule has 0 aromatic rings. The Morgan fingerprint density at radius 3 is 1.45 bits per heavy atom. The molecule has 8 heteroatoms. The standard InChI is InChI=1S/C14H20N2O4S2/c17-13(15-19)9-1-5-11(6-2-9)21-22-12-7-3-10(4-8-12)14(18)16-20/h1,3,5,7,9-12,19-20H,2,4,6,8H2,(H,15,17)(H,16,18). The van der Waals surface area contributed by atoms with Gasteiger partial charge in [-0.3, -0.25) is 20.0 Å². The van der Waals surface area contributed by atoms with Crippen molar-refractivity contribution in [3.8, 4) is 0 Å². The van der Waals surface area contributed by atoms with Gasteiger partial charge in [0.15, 0.2) is 0 Å². The van der Waals surface area contributed by atoms with Crippen molar-refractivity contribution in [3.63, 3.8) is 0 Å². The summed E-state index contributed by atoms with van der Waals surface area (Å²) in [5, 5.41) is 17.9. The van der Waals surface area contributed by atoms with Crippen LogP contribution in [0, 0.1) is 11.8 Å². The average molecular weight is 344 g/mol. The van der Waals surface area contributed by atoms with Gasteiger partial charge in [0.2, 0.25) is 11.8 Å². The van der Waals surface area contributed by atoms with E-state index in [0.29, 0.717) is 10.5 Å². The second-order valence-electron chi connectivity index (χ2n) is 5.36. The first-order valence-corrected chi connectivity index (χ1v) is 9.48. The molecule has 22 heavy (non-hydrogen) atoms. The Kier molecular flexibility index (Phi) is 6.81. The molecule has 0 aromatic carbocycles. The zero-order valence-corrected chi connectivity index (χ0v) is 13.6. The number of carbonyl (C=O) groups is 2. The van der Waals surface area contributed by atoms with Crippen molar-refractivity contribution >= 4 is 33.4 Å². The highest BCUT2D eigenvalue weighted by atomic mass is 33.1. The van der Waals surface area contributed by atoms with Crippen molar-refractivity contribution in [2.24, 2.45) is 11.8 Å². The fraction of sp³-hybridized carbons (Fsp3) is 0.571. The van der Waals surface area contributed by atoms with Crippen LogP contribution < -0.4 is 11.0 Å². The second-order valence-corrected chi connectivity index (χ2v) is 8.11. The van der Waals surface area contributed by atoms with E-state index >= 15 is 0 Å². The average Bonchev–Trinajstić information content (AvgIpc) is 2.59. The molecule has 0 saturated heterocycles. The third kappa shape index (κ3) is 4.77. The van der Waals surface area contributed by atoms with Gasteiger partial charge in [-0.2, -0.15) is 0 Å². The van der Waals surface area contributed by atoms with Crippen LogP contribution in [0.4, 0.5) is 0 Å². The predicted molar refractivity (Wildman–Crippen MR) is 86.3 cm³/mol. The Hall–Kier alpha value is -0.960. The highest BCUT2D eigenvalue weighted by Gasteiger charge is 2.24. The fourth-order valence-corrected chi connectivity index (χ4v) is 5.37. The molecule has 122 valence electrons. The van der Waals surface area contributed by atoms with Gasteiger partial charge in [-0.05, 0) is 25.7 Å². The monoisotopic (exact) mass is 344 g/mol. The van der Waals surface area contributed by atoms with Crippen molar-refractivity contribution in [1.82, 2.24) is 11.0 Å². The van der Waals surface area contributed by atoms with E-state index in [2.05, 4.69) is 0 Å². The lowest BCUT2D eigenvalue weighted by Gasteiger charge is -2.24. The summed E-state index contributed by atoms with van der Waals surface area (Å²) in [6.45, 7) is 0. The second kappa shape index (κ2) is 8.61. The number of hydrogen-bond acceptors (Lipinski definition) is 6.